The summed E-state index contributed by atoms with van der Waals surface area (Å²) in [5.74, 6) is 0.570. The Morgan fingerprint density at radius 2 is 1.83 bits per heavy atom. The SMILES string of the molecule is CC(C)CC1(CNS(=O)(=O)C(C)C#N)CCCC1. The topological polar surface area (TPSA) is 70.0 Å². The molecule has 0 aromatic heterocycles. The highest BCUT2D eigenvalue weighted by atomic mass is 32.2. The highest BCUT2D eigenvalue weighted by molar-refractivity contribution is 7.90. The molecule has 1 saturated carbocycles. The van der Waals surface area contributed by atoms with E-state index in [1.54, 1.807) is 6.07 Å². The third-order valence-corrected chi connectivity index (χ3v) is 5.38. The van der Waals surface area contributed by atoms with Gasteiger partial charge < -0.3 is 0 Å². The van der Waals surface area contributed by atoms with Crippen LogP contribution in [-0.2, 0) is 10.0 Å². The fourth-order valence-corrected chi connectivity index (χ4v) is 3.79. The second-order valence-corrected chi connectivity index (χ2v) is 8.03. The molecule has 1 fully saturated rings. The van der Waals surface area contributed by atoms with Crippen LogP contribution in [0, 0.1) is 22.7 Å². The van der Waals surface area contributed by atoms with E-state index in [0.29, 0.717) is 12.5 Å². The molecule has 0 aliphatic heterocycles. The van der Waals surface area contributed by atoms with Crippen LogP contribution < -0.4 is 4.72 Å². The summed E-state index contributed by atoms with van der Waals surface area (Å²) in [5.41, 5.74) is 0.108. The van der Waals surface area contributed by atoms with Crippen molar-refractivity contribution in [1.29, 1.82) is 5.26 Å². The van der Waals surface area contributed by atoms with Gasteiger partial charge in [-0.25, -0.2) is 13.1 Å². The minimum absolute atomic E-state index is 0.108. The first-order valence-electron chi connectivity index (χ1n) is 6.69. The molecule has 104 valence electrons. The van der Waals surface area contributed by atoms with E-state index in [-0.39, 0.29) is 5.41 Å². The van der Waals surface area contributed by atoms with Crippen LogP contribution in [0.4, 0.5) is 0 Å². The maximum absolute atomic E-state index is 11.8. The Kier molecular flexibility index (Phi) is 5.18. The Balaban J connectivity index is 2.67. The second-order valence-electron chi connectivity index (χ2n) is 5.94. The van der Waals surface area contributed by atoms with Gasteiger partial charge in [-0.2, -0.15) is 5.26 Å². The van der Waals surface area contributed by atoms with Crippen LogP contribution in [0.1, 0.15) is 52.9 Å². The zero-order valence-electron chi connectivity index (χ0n) is 11.6. The fourth-order valence-electron chi connectivity index (χ4n) is 2.89. The number of nitrogens with zero attached hydrogens (tertiary/aromatic N) is 1. The molecule has 0 bridgehead atoms. The average Bonchev–Trinajstić information content (AvgIpc) is 2.73. The minimum atomic E-state index is -3.48. The van der Waals surface area contributed by atoms with Gasteiger partial charge in [0.15, 0.2) is 5.25 Å². The molecule has 0 spiro atoms. The van der Waals surface area contributed by atoms with Gasteiger partial charge in [0.05, 0.1) is 6.07 Å². The number of rotatable bonds is 6. The van der Waals surface area contributed by atoms with Crippen molar-refractivity contribution in [3.8, 4) is 6.07 Å². The zero-order valence-corrected chi connectivity index (χ0v) is 12.4. The zero-order chi connectivity index (χ0) is 13.8. The third-order valence-electron chi connectivity index (χ3n) is 3.80. The number of nitriles is 1. The van der Waals surface area contributed by atoms with Crippen LogP contribution in [0.25, 0.3) is 0 Å². The van der Waals surface area contributed by atoms with E-state index in [1.165, 1.54) is 19.8 Å². The summed E-state index contributed by atoms with van der Waals surface area (Å²) in [6.07, 6.45) is 5.60. The lowest BCUT2D eigenvalue weighted by Crippen LogP contribution is -2.40. The Morgan fingerprint density at radius 1 is 1.28 bits per heavy atom. The predicted molar refractivity (Wildman–Crippen MR) is 72.4 cm³/mol. The van der Waals surface area contributed by atoms with Crippen LogP contribution in [0.2, 0.25) is 0 Å². The van der Waals surface area contributed by atoms with Crippen molar-refractivity contribution in [3.05, 3.63) is 0 Å². The largest absolute Gasteiger partial charge is 0.227 e. The first-order chi connectivity index (χ1) is 8.31. The quantitative estimate of drug-likeness (QED) is 0.807. The molecular formula is C13H24N2O2S. The molecule has 1 rings (SSSR count). The van der Waals surface area contributed by atoms with Crippen LogP contribution >= 0.6 is 0 Å². The van der Waals surface area contributed by atoms with E-state index in [2.05, 4.69) is 18.6 Å². The van der Waals surface area contributed by atoms with Crippen molar-refractivity contribution >= 4 is 10.0 Å². The summed E-state index contributed by atoms with van der Waals surface area (Å²) in [7, 11) is -3.48. The van der Waals surface area contributed by atoms with E-state index in [1.807, 2.05) is 0 Å². The molecule has 0 radical (unpaired) electrons. The van der Waals surface area contributed by atoms with Gasteiger partial charge in [0.25, 0.3) is 0 Å². The molecule has 1 unspecified atom stereocenters. The number of hydrogen-bond donors (Lipinski definition) is 1. The van der Waals surface area contributed by atoms with E-state index in [9.17, 15) is 8.42 Å². The first-order valence-corrected chi connectivity index (χ1v) is 8.24. The van der Waals surface area contributed by atoms with E-state index >= 15 is 0 Å². The van der Waals surface area contributed by atoms with Gasteiger partial charge in [-0.15, -0.1) is 0 Å². The lowest BCUT2D eigenvalue weighted by molar-refractivity contribution is 0.236. The summed E-state index contributed by atoms with van der Waals surface area (Å²) >= 11 is 0. The maximum Gasteiger partial charge on any atom is 0.227 e. The summed E-state index contributed by atoms with van der Waals surface area (Å²) in [5, 5.41) is 7.73. The lowest BCUT2D eigenvalue weighted by atomic mass is 9.79. The first kappa shape index (κ1) is 15.5. The van der Waals surface area contributed by atoms with Crippen LogP contribution in [0.5, 0.6) is 0 Å². The lowest BCUT2D eigenvalue weighted by Gasteiger charge is -2.31. The molecule has 1 atom stereocenters. The van der Waals surface area contributed by atoms with Crippen LogP contribution in [0.3, 0.4) is 0 Å². The maximum atomic E-state index is 11.8. The molecule has 1 aliphatic rings. The molecule has 18 heavy (non-hydrogen) atoms. The summed E-state index contributed by atoms with van der Waals surface area (Å²) in [4.78, 5) is 0. The Morgan fingerprint density at radius 3 is 2.28 bits per heavy atom. The molecule has 0 amide bonds. The Hall–Kier alpha value is -0.600. The van der Waals surface area contributed by atoms with Gasteiger partial charge in [-0.3, -0.25) is 0 Å². The summed E-state index contributed by atoms with van der Waals surface area (Å²) in [6, 6.07) is 1.78. The standard InChI is InChI=1S/C13H24N2O2S/c1-11(2)8-13(6-4-5-7-13)10-15-18(16,17)12(3)9-14/h11-12,15H,4-8,10H2,1-3H3. The monoisotopic (exact) mass is 272 g/mol. The minimum Gasteiger partial charge on any atom is -0.214 e. The molecular weight excluding hydrogens is 248 g/mol. The van der Waals surface area contributed by atoms with Gasteiger partial charge in [-0.1, -0.05) is 26.7 Å². The molecule has 0 heterocycles. The smallest absolute Gasteiger partial charge is 0.214 e. The number of sulfonamides is 1. The van der Waals surface area contributed by atoms with Gasteiger partial charge in [0.1, 0.15) is 0 Å². The van der Waals surface area contributed by atoms with Crippen molar-refractivity contribution < 1.29 is 8.42 Å². The van der Waals surface area contributed by atoms with Gasteiger partial charge in [0, 0.05) is 6.54 Å². The van der Waals surface area contributed by atoms with Crippen molar-refractivity contribution in [3.63, 3.8) is 0 Å². The van der Waals surface area contributed by atoms with Crippen molar-refractivity contribution in [2.45, 2.75) is 58.1 Å². The van der Waals surface area contributed by atoms with Gasteiger partial charge in [-0.05, 0) is 37.5 Å². The summed E-state index contributed by atoms with van der Waals surface area (Å²) in [6.45, 7) is 6.25. The fraction of sp³-hybridized carbons (Fsp3) is 0.923. The predicted octanol–water partition coefficient (Wildman–Crippen LogP) is 2.42. The van der Waals surface area contributed by atoms with E-state index in [0.717, 1.165) is 19.3 Å². The molecule has 0 saturated heterocycles. The van der Waals surface area contributed by atoms with Crippen molar-refractivity contribution in [1.82, 2.24) is 4.72 Å². The molecule has 4 nitrogen and oxygen atoms in total. The Bertz CT molecular complexity index is 403. The average molecular weight is 272 g/mol. The molecule has 0 aromatic rings. The highest BCUT2D eigenvalue weighted by Gasteiger charge is 2.36. The molecule has 5 heteroatoms. The van der Waals surface area contributed by atoms with Crippen molar-refractivity contribution in [2.75, 3.05) is 6.54 Å². The third kappa shape index (κ3) is 3.96. The van der Waals surface area contributed by atoms with Crippen LogP contribution in [-0.4, -0.2) is 20.2 Å². The van der Waals surface area contributed by atoms with Gasteiger partial charge in [0.2, 0.25) is 10.0 Å². The normalized spacial score (nSPS) is 20.8. The van der Waals surface area contributed by atoms with Gasteiger partial charge >= 0.3 is 0 Å². The number of hydrogen-bond acceptors (Lipinski definition) is 3. The van der Waals surface area contributed by atoms with E-state index in [4.69, 9.17) is 5.26 Å². The van der Waals surface area contributed by atoms with E-state index < -0.39 is 15.3 Å². The molecule has 1 N–H and O–H groups in total. The second kappa shape index (κ2) is 6.03. The van der Waals surface area contributed by atoms with Crippen LogP contribution in [0.15, 0.2) is 0 Å². The highest BCUT2D eigenvalue weighted by Crippen LogP contribution is 2.42. The molecule has 0 aromatic carbocycles. The Labute approximate surface area is 111 Å². The number of nitrogens with one attached hydrogen (secondary N) is 1. The summed E-state index contributed by atoms with van der Waals surface area (Å²) < 4.78 is 26.3. The molecule has 1 aliphatic carbocycles. The van der Waals surface area contributed by atoms with Crippen molar-refractivity contribution in [2.24, 2.45) is 11.3 Å².